The lowest BCUT2D eigenvalue weighted by Gasteiger charge is -2.14. The highest BCUT2D eigenvalue weighted by Gasteiger charge is 2.15. The molecule has 0 radical (unpaired) electrons. The number of rotatable bonds is 4. The Hall–Kier alpha value is -3.52. The maximum atomic E-state index is 4.93. The summed E-state index contributed by atoms with van der Waals surface area (Å²) in [5.41, 5.74) is 6.81. The Morgan fingerprint density at radius 2 is 1.86 bits per heavy atom. The Morgan fingerprint density at radius 1 is 0.966 bits per heavy atom. The molecule has 0 aliphatic heterocycles. The van der Waals surface area contributed by atoms with Gasteiger partial charge in [-0.15, -0.1) is 12.6 Å². The Kier molecular flexibility index (Phi) is 4.33. The number of hydrogen-bond donors (Lipinski definition) is 3. The van der Waals surface area contributed by atoms with Crippen molar-refractivity contribution >= 4 is 40.6 Å². The van der Waals surface area contributed by atoms with E-state index < -0.39 is 0 Å². The van der Waals surface area contributed by atoms with Gasteiger partial charge in [0.2, 0.25) is 0 Å². The van der Waals surface area contributed by atoms with E-state index in [1.807, 2.05) is 30.3 Å². The maximum absolute atomic E-state index is 4.93. The van der Waals surface area contributed by atoms with Crippen LogP contribution in [0.2, 0.25) is 0 Å². The van der Waals surface area contributed by atoms with Crippen molar-refractivity contribution in [3.8, 4) is 11.3 Å². The molecule has 0 atom stereocenters. The molecule has 3 heterocycles. The first-order chi connectivity index (χ1) is 14.2. The van der Waals surface area contributed by atoms with Gasteiger partial charge in [0.05, 0.1) is 29.8 Å². The van der Waals surface area contributed by atoms with Crippen molar-refractivity contribution in [2.24, 2.45) is 0 Å². The molecule has 0 unspecified atom stereocenters. The Labute approximate surface area is 172 Å². The van der Waals surface area contributed by atoms with Gasteiger partial charge in [-0.2, -0.15) is 0 Å². The Bertz CT molecular complexity index is 1350. The van der Waals surface area contributed by atoms with E-state index in [2.05, 4.69) is 56.9 Å². The Balaban J connectivity index is 1.63. The zero-order valence-electron chi connectivity index (χ0n) is 15.6. The predicted octanol–water partition coefficient (Wildman–Crippen LogP) is 4.17. The van der Waals surface area contributed by atoms with E-state index in [9.17, 15) is 0 Å². The van der Waals surface area contributed by atoms with Crippen molar-refractivity contribution in [3.05, 3.63) is 66.4 Å². The van der Waals surface area contributed by atoms with Gasteiger partial charge in [-0.3, -0.25) is 0 Å². The summed E-state index contributed by atoms with van der Waals surface area (Å²) in [6, 6.07) is 14.0. The molecule has 0 aliphatic rings. The summed E-state index contributed by atoms with van der Waals surface area (Å²) < 4.78 is 0. The quantitative estimate of drug-likeness (QED) is 0.393. The minimum atomic E-state index is 0.438. The second-order valence-electron chi connectivity index (χ2n) is 6.65. The van der Waals surface area contributed by atoms with Crippen LogP contribution in [-0.4, -0.2) is 29.9 Å². The van der Waals surface area contributed by atoms with Crippen molar-refractivity contribution in [1.29, 1.82) is 0 Å². The van der Waals surface area contributed by atoms with Crippen LogP contribution in [0.1, 0.15) is 11.3 Å². The molecule has 2 N–H and O–H groups in total. The van der Waals surface area contributed by atoms with E-state index in [0.29, 0.717) is 23.5 Å². The third-order valence-electron chi connectivity index (χ3n) is 4.79. The van der Waals surface area contributed by atoms with Crippen LogP contribution in [-0.2, 0) is 6.54 Å². The molecular weight excluding hydrogens is 382 g/mol. The molecule has 29 heavy (non-hydrogen) atoms. The first-order valence-corrected chi connectivity index (χ1v) is 9.58. The molecule has 0 amide bonds. The minimum Gasteiger partial charge on any atom is -0.362 e. The summed E-state index contributed by atoms with van der Waals surface area (Å²) in [6.07, 6.45) is 3.11. The average Bonchev–Trinajstić information content (AvgIpc) is 3.22. The highest BCUT2D eigenvalue weighted by Crippen LogP contribution is 2.29. The molecule has 5 rings (SSSR count). The number of imidazole rings is 1. The number of aryl methyl sites for hydroxylation is 1. The number of thiol groups is 1. The number of para-hydroxylation sites is 1. The molecule has 5 aromatic rings. The summed E-state index contributed by atoms with van der Waals surface area (Å²) in [5, 5.41) is 3.34. The topological polar surface area (TPSA) is 92.3 Å². The van der Waals surface area contributed by atoms with Gasteiger partial charge in [0.1, 0.15) is 17.4 Å². The number of aromatic nitrogens is 6. The van der Waals surface area contributed by atoms with E-state index in [0.717, 1.165) is 38.4 Å². The summed E-state index contributed by atoms with van der Waals surface area (Å²) in [5.74, 6) is 0.646. The molecule has 0 bridgehead atoms. The van der Waals surface area contributed by atoms with Crippen LogP contribution in [0.25, 0.3) is 33.5 Å². The van der Waals surface area contributed by atoms with E-state index in [1.54, 1.807) is 6.33 Å². The molecule has 2 aromatic carbocycles. The predicted molar refractivity (Wildman–Crippen MR) is 116 cm³/mol. The lowest BCUT2D eigenvalue weighted by atomic mass is 10.0. The van der Waals surface area contributed by atoms with Crippen LogP contribution in [0, 0.1) is 6.92 Å². The maximum Gasteiger partial charge on any atom is 0.162 e. The molecule has 142 valence electrons. The number of anilines is 1. The van der Waals surface area contributed by atoms with Gasteiger partial charge >= 0.3 is 0 Å². The van der Waals surface area contributed by atoms with Gasteiger partial charge in [0.15, 0.2) is 11.5 Å². The Morgan fingerprint density at radius 3 is 2.76 bits per heavy atom. The summed E-state index contributed by atoms with van der Waals surface area (Å²) in [6.45, 7) is 2.51. The monoisotopic (exact) mass is 399 g/mol. The number of fused-ring (bicyclic) bond motifs is 2. The zero-order valence-corrected chi connectivity index (χ0v) is 16.5. The highest BCUT2D eigenvalue weighted by molar-refractivity contribution is 7.80. The average molecular weight is 399 g/mol. The SMILES string of the molecule is Cc1ccccc1-c1nc2cccc(S)c2nc1CNc1ncnc2[nH]cnc12. The summed E-state index contributed by atoms with van der Waals surface area (Å²) in [4.78, 5) is 26.4. The number of aromatic amines is 1. The third kappa shape index (κ3) is 3.17. The van der Waals surface area contributed by atoms with Gasteiger partial charge in [0, 0.05) is 10.5 Å². The number of benzene rings is 2. The standard InChI is InChI=1S/C21H17N7S/c1-12-5-2-3-6-13(12)17-15(28-18-14(27-17)7-4-8-16(18)29)9-22-20-19-21(24-10-23-19)26-11-25-20/h2-8,10-11,29H,9H2,1H3,(H2,22,23,24,25,26). The number of nitrogens with one attached hydrogen (secondary N) is 2. The van der Waals surface area contributed by atoms with Gasteiger partial charge in [-0.05, 0) is 24.6 Å². The largest absolute Gasteiger partial charge is 0.362 e. The van der Waals surface area contributed by atoms with E-state index in [1.165, 1.54) is 6.33 Å². The second-order valence-corrected chi connectivity index (χ2v) is 7.14. The van der Waals surface area contributed by atoms with E-state index in [-0.39, 0.29) is 0 Å². The fraction of sp³-hybridized carbons (Fsp3) is 0.0952. The molecule has 3 aromatic heterocycles. The van der Waals surface area contributed by atoms with Crippen LogP contribution in [0.5, 0.6) is 0 Å². The lowest BCUT2D eigenvalue weighted by Crippen LogP contribution is -2.08. The zero-order chi connectivity index (χ0) is 19.8. The summed E-state index contributed by atoms with van der Waals surface area (Å²) >= 11 is 4.56. The van der Waals surface area contributed by atoms with Crippen LogP contribution in [0.4, 0.5) is 5.82 Å². The fourth-order valence-electron chi connectivity index (χ4n) is 3.34. The fourth-order valence-corrected chi connectivity index (χ4v) is 3.59. The third-order valence-corrected chi connectivity index (χ3v) is 5.15. The van der Waals surface area contributed by atoms with Crippen molar-refractivity contribution < 1.29 is 0 Å². The van der Waals surface area contributed by atoms with Gasteiger partial charge in [0.25, 0.3) is 0 Å². The van der Waals surface area contributed by atoms with Crippen molar-refractivity contribution in [3.63, 3.8) is 0 Å². The van der Waals surface area contributed by atoms with Crippen molar-refractivity contribution in [2.75, 3.05) is 5.32 Å². The number of H-pyrrole nitrogens is 1. The first kappa shape index (κ1) is 17.6. The van der Waals surface area contributed by atoms with Crippen LogP contribution in [0.3, 0.4) is 0 Å². The summed E-state index contributed by atoms with van der Waals surface area (Å²) in [7, 11) is 0. The second kappa shape index (κ2) is 7.14. The van der Waals surface area contributed by atoms with Gasteiger partial charge in [-0.1, -0.05) is 30.3 Å². The van der Waals surface area contributed by atoms with Crippen molar-refractivity contribution in [2.45, 2.75) is 18.4 Å². The van der Waals surface area contributed by atoms with Crippen LogP contribution < -0.4 is 5.32 Å². The first-order valence-electron chi connectivity index (χ1n) is 9.13. The number of nitrogens with zero attached hydrogens (tertiary/aromatic N) is 5. The smallest absolute Gasteiger partial charge is 0.162 e. The molecular formula is C21H17N7S. The molecule has 0 saturated carbocycles. The molecule has 0 spiro atoms. The number of hydrogen-bond acceptors (Lipinski definition) is 7. The molecule has 7 nitrogen and oxygen atoms in total. The van der Waals surface area contributed by atoms with E-state index >= 15 is 0 Å². The van der Waals surface area contributed by atoms with E-state index in [4.69, 9.17) is 9.97 Å². The lowest BCUT2D eigenvalue weighted by molar-refractivity contribution is 1.02. The normalized spacial score (nSPS) is 11.2. The van der Waals surface area contributed by atoms with Gasteiger partial charge in [-0.25, -0.2) is 24.9 Å². The highest BCUT2D eigenvalue weighted by atomic mass is 32.1. The van der Waals surface area contributed by atoms with Crippen molar-refractivity contribution in [1.82, 2.24) is 29.9 Å². The molecule has 0 fully saturated rings. The molecule has 8 heteroatoms. The van der Waals surface area contributed by atoms with Crippen LogP contribution >= 0.6 is 12.6 Å². The molecule has 0 aliphatic carbocycles. The minimum absolute atomic E-state index is 0.438. The van der Waals surface area contributed by atoms with Gasteiger partial charge < -0.3 is 10.3 Å². The van der Waals surface area contributed by atoms with Crippen LogP contribution in [0.15, 0.2) is 60.0 Å². The molecule has 0 saturated heterocycles.